The first-order valence-electron chi connectivity index (χ1n) is 6.73. The molecule has 0 radical (unpaired) electrons. The second kappa shape index (κ2) is 6.17. The van der Waals surface area contributed by atoms with E-state index in [1.807, 2.05) is 26.2 Å². The van der Waals surface area contributed by atoms with E-state index in [4.69, 9.17) is 4.74 Å². The van der Waals surface area contributed by atoms with E-state index < -0.39 is 0 Å². The molecule has 0 aliphatic carbocycles. The monoisotopic (exact) mass is 262 g/mol. The van der Waals surface area contributed by atoms with Crippen LogP contribution in [0.25, 0.3) is 0 Å². The Labute approximate surface area is 114 Å². The van der Waals surface area contributed by atoms with Crippen molar-refractivity contribution in [1.29, 1.82) is 0 Å². The van der Waals surface area contributed by atoms with Gasteiger partial charge in [0.25, 0.3) is 5.91 Å². The van der Waals surface area contributed by atoms with Gasteiger partial charge in [-0.1, -0.05) is 17.7 Å². The van der Waals surface area contributed by atoms with Gasteiger partial charge in [-0.2, -0.15) is 0 Å². The Hall–Kier alpha value is -1.39. The standard InChI is InChI=1S/C15H22N2O2/c1-11-6-7-13(12(9-11)10-17(2)3)16-15(18)14-5-4-8-19-14/h6-7,9,14H,4-5,8,10H2,1-3H3,(H,16,18)/t14-/m1/s1. The first-order valence-corrected chi connectivity index (χ1v) is 6.73. The van der Waals surface area contributed by atoms with Crippen LogP contribution in [0.5, 0.6) is 0 Å². The van der Waals surface area contributed by atoms with Gasteiger partial charge in [-0.15, -0.1) is 0 Å². The van der Waals surface area contributed by atoms with Crippen LogP contribution in [0.15, 0.2) is 18.2 Å². The third-order valence-corrected chi connectivity index (χ3v) is 3.23. The second-order valence-electron chi connectivity index (χ2n) is 5.39. The molecule has 0 bridgehead atoms. The number of nitrogens with one attached hydrogen (secondary N) is 1. The molecule has 1 aliphatic rings. The fourth-order valence-corrected chi connectivity index (χ4v) is 2.31. The minimum absolute atomic E-state index is 0.0265. The summed E-state index contributed by atoms with van der Waals surface area (Å²) >= 11 is 0. The van der Waals surface area contributed by atoms with Gasteiger partial charge in [-0.25, -0.2) is 0 Å². The van der Waals surface area contributed by atoms with Crippen molar-refractivity contribution in [2.45, 2.75) is 32.4 Å². The molecule has 2 rings (SSSR count). The molecule has 1 heterocycles. The molecular weight excluding hydrogens is 240 g/mol. The van der Waals surface area contributed by atoms with Crippen molar-refractivity contribution in [1.82, 2.24) is 4.90 Å². The van der Waals surface area contributed by atoms with E-state index >= 15 is 0 Å². The smallest absolute Gasteiger partial charge is 0.253 e. The third-order valence-electron chi connectivity index (χ3n) is 3.23. The van der Waals surface area contributed by atoms with Crippen molar-refractivity contribution in [2.24, 2.45) is 0 Å². The summed E-state index contributed by atoms with van der Waals surface area (Å²) in [5.74, 6) is -0.0265. The van der Waals surface area contributed by atoms with Crippen LogP contribution >= 0.6 is 0 Å². The molecule has 1 amide bonds. The molecule has 1 aliphatic heterocycles. The minimum atomic E-state index is -0.284. The Kier molecular flexibility index (Phi) is 4.56. The van der Waals surface area contributed by atoms with Gasteiger partial charge in [0.2, 0.25) is 0 Å². The fraction of sp³-hybridized carbons (Fsp3) is 0.533. The Balaban J connectivity index is 2.11. The van der Waals surface area contributed by atoms with Gasteiger partial charge in [0, 0.05) is 18.8 Å². The van der Waals surface area contributed by atoms with Crippen molar-refractivity contribution in [3.05, 3.63) is 29.3 Å². The average Bonchev–Trinajstić information content (AvgIpc) is 2.85. The summed E-state index contributed by atoms with van der Waals surface area (Å²) in [5, 5.41) is 2.99. The van der Waals surface area contributed by atoms with Crippen molar-refractivity contribution in [3.8, 4) is 0 Å². The van der Waals surface area contributed by atoms with Gasteiger partial charge in [0.05, 0.1) is 0 Å². The van der Waals surface area contributed by atoms with E-state index in [9.17, 15) is 4.79 Å². The summed E-state index contributed by atoms with van der Waals surface area (Å²) in [6.45, 7) is 3.56. The molecule has 0 aromatic heterocycles. The van der Waals surface area contributed by atoms with Crippen molar-refractivity contribution >= 4 is 11.6 Å². The molecule has 0 spiro atoms. The number of aryl methyl sites for hydroxylation is 1. The summed E-state index contributed by atoms with van der Waals surface area (Å²) < 4.78 is 5.41. The van der Waals surface area contributed by atoms with Gasteiger partial charge < -0.3 is 15.0 Å². The maximum absolute atomic E-state index is 12.1. The zero-order valence-electron chi connectivity index (χ0n) is 11.9. The van der Waals surface area contributed by atoms with Gasteiger partial charge in [0.1, 0.15) is 6.10 Å². The highest BCUT2D eigenvalue weighted by Crippen LogP contribution is 2.21. The summed E-state index contributed by atoms with van der Waals surface area (Å²) in [5.41, 5.74) is 3.23. The number of hydrogen-bond donors (Lipinski definition) is 1. The van der Waals surface area contributed by atoms with E-state index in [1.54, 1.807) is 0 Å². The van der Waals surface area contributed by atoms with Crippen LogP contribution in [0.3, 0.4) is 0 Å². The Bertz CT molecular complexity index is 451. The minimum Gasteiger partial charge on any atom is -0.368 e. The van der Waals surface area contributed by atoms with Crippen LogP contribution in [-0.2, 0) is 16.1 Å². The summed E-state index contributed by atoms with van der Waals surface area (Å²) in [4.78, 5) is 14.2. The van der Waals surface area contributed by atoms with E-state index in [1.165, 1.54) is 5.56 Å². The zero-order valence-corrected chi connectivity index (χ0v) is 11.9. The van der Waals surface area contributed by atoms with Gasteiger partial charge >= 0.3 is 0 Å². The van der Waals surface area contributed by atoms with Crippen LogP contribution in [0.4, 0.5) is 5.69 Å². The Morgan fingerprint density at radius 2 is 2.26 bits per heavy atom. The second-order valence-corrected chi connectivity index (χ2v) is 5.39. The van der Waals surface area contributed by atoms with Gasteiger partial charge in [0.15, 0.2) is 0 Å². The molecule has 1 fully saturated rings. The lowest BCUT2D eigenvalue weighted by molar-refractivity contribution is -0.124. The molecular formula is C15H22N2O2. The molecule has 1 saturated heterocycles. The molecule has 1 N–H and O–H groups in total. The number of anilines is 1. The quantitative estimate of drug-likeness (QED) is 0.904. The molecule has 1 aromatic carbocycles. The maximum atomic E-state index is 12.1. The van der Waals surface area contributed by atoms with Gasteiger partial charge in [-0.05, 0) is 45.5 Å². The largest absolute Gasteiger partial charge is 0.368 e. The summed E-state index contributed by atoms with van der Waals surface area (Å²) in [7, 11) is 4.04. The van der Waals surface area contributed by atoms with Crippen molar-refractivity contribution in [3.63, 3.8) is 0 Å². The number of carbonyl (C=O) groups is 1. The molecule has 0 unspecified atom stereocenters. The van der Waals surface area contributed by atoms with E-state index in [2.05, 4.69) is 23.2 Å². The predicted octanol–water partition coefficient (Wildman–Crippen LogP) is 2.17. The average molecular weight is 262 g/mol. The lowest BCUT2D eigenvalue weighted by Crippen LogP contribution is -2.27. The van der Waals surface area contributed by atoms with Crippen LogP contribution < -0.4 is 5.32 Å². The van der Waals surface area contributed by atoms with E-state index in [-0.39, 0.29) is 12.0 Å². The first-order chi connectivity index (χ1) is 9.06. The molecule has 1 aromatic rings. The number of ether oxygens (including phenoxy) is 1. The van der Waals surface area contributed by atoms with Crippen LogP contribution in [0.2, 0.25) is 0 Å². The highest BCUT2D eigenvalue weighted by atomic mass is 16.5. The maximum Gasteiger partial charge on any atom is 0.253 e. The Morgan fingerprint density at radius 3 is 2.89 bits per heavy atom. The predicted molar refractivity (Wildman–Crippen MR) is 76.2 cm³/mol. The fourth-order valence-electron chi connectivity index (χ4n) is 2.31. The normalized spacial score (nSPS) is 18.8. The third kappa shape index (κ3) is 3.78. The number of amides is 1. The highest BCUT2D eigenvalue weighted by Gasteiger charge is 2.24. The summed E-state index contributed by atoms with van der Waals surface area (Å²) in [6.07, 6.45) is 1.51. The summed E-state index contributed by atoms with van der Waals surface area (Å²) in [6, 6.07) is 6.11. The number of rotatable bonds is 4. The lowest BCUT2D eigenvalue weighted by atomic mass is 10.1. The zero-order chi connectivity index (χ0) is 13.8. The number of benzene rings is 1. The van der Waals surface area contributed by atoms with Crippen molar-refractivity contribution < 1.29 is 9.53 Å². The van der Waals surface area contributed by atoms with Crippen LogP contribution in [0.1, 0.15) is 24.0 Å². The molecule has 4 nitrogen and oxygen atoms in total. The highest BCUT2D eigenvalue weighted by molar-refractivity contribution is 5.95. The number of nitrogens with zero attached hydrogens (tertiary/aromatic N) is 1. The Morgan fingerprint density at radius 1 is 1.47 bits per heavy atom. The number of hydrogen-bond acceptors (Lipinski definition) is 3. The molecule has 4 heteroatoms. The van der Waals surface area contributed by atoms with Crippen LogP contribution in [0, 0.1) is 6.92 Å². The van der Waals surface area contributed by atoms with E-state index in [0.29, 0.717) is 6.61 Å². The van der Waals surface area contributed by atoms with E-state index in [0.717, 1.165) is 30.6 Å². The molecule has 104 valence electrons. The van der Waals surface area contributed by atoms with Gasteiger partial charge in [-0.3, -0.25) is 4.79 Å². The number of carbonyl (C=O) groups excluding carboxylic acids is 1. The topological polar surface area (TPSA) is 41.6 Å². The molecule has 19 heavy (non-hydrogen) atoms. The molecule has 0 saturated carbocycles. The van der Waals surface area contributed by atoms with Crippen molar-refractivity contribution in [2.75, 3.05) is 26.0 Å². The first kappa shape index (κ1) is 14.0. The molecule has 1 atom stereocenters. The lowest BCUT2D eigenvalue weighted by Gasteiger charge is -2.17. The SMILES string of the molecule is Cc1ccc(NC(=O)[C@H]2CCCO2)c(CN(C)C)c1. The van der Waals surface area contributed by atoms with Crippen LogP contribution in [-0.4, -0.2) is 37.6 Å².